The number of nitrogens with one attached hydrogen (secondary N) is 1. The van der Waals surface area contributed by atoms with Crippen LogP contribution in [0.3, 0.4) is 0 Å². The maximum Gasteiger partial charge on any atom is 0.263 e. The largest absolute Gasteiger partial charge is 0.344 e. The van der Waals surface area contributed by atoms with E-state index in [-0.39, 0.29) is 11.0 Å². The molecule has 0 saturated carbocycles. The maximum atomic E-state index is 14.0. The second kappa shape index (κ2) is 12.4. The quantitative estimate of drug-likeness (QED) is 0.182. The van der Waals surface area contributed by atoms with E-state index in [1.165, 1.54) is 22.3 Å². The van der Waals surface area contributed by atoms with Gasteiger partial charge in [-0.2, -0.15) is 0 Å². The molecule has 1 unspecified atom stereocenters. The van der Waals surface area contributed by atoms with Crippen molar-refractivity contribution < 1.29 is 0 Å². The minimum atomic E-state index is -0.424. The second-order valence-electron chi connectivity index (χ2n) is 14.6. The molecule has 1 atom stereocenters. The highest BCUT2D eigenvalue weighted by Crippen LogP contribution is 2.50. The number of benzene rings is 7. The SMILES string of the molecule is CC1(C)c2ccccc2-c2c(C3=NC(c4ccc(-n5c(=O)c6ccccc6c6ccccc65)cc4)NC(c4cccc(-c5ccccc5)c4)=N3)cccc21. The van der Waals surface area contributed by atoms with E-state index in [0.717, 1.165) is 55.6 Å². The van der Waals surface area contributed by atoms with Crippen LogP contribution in [0.2, 0.25) is 0 Å². The maximum absolute atomic E-state index is 14.0. The minimum Gasteiger partial charge on any atom is -0.344 e. The van der Waals surface area contributed by atoms with Crippen molar-refractivity contribution in [1.29, 1.82) is 0 Å². The van der Waals surface area contributed by atoms with Gasteiger partial charge in [0.2, 0.25) is 0 Å². The molecule has 10 rings (SSSR count). The highest BCUT2D eigenvalue weighted by molar-refractivity contribution is 6.16. The lowest BCUT2D eigenvalue weighted by molar-refractivity contribution is 0.660. The molecule has 2 aliphatic rings. The lowest BCUT2D eigenvalue weighted by Gasteiger charge is -2.25. The standard InChI is InChI=1S/C49H36N4O/c1-49(2)41-23-10-8-21-39(41)44-40(22-13-24-42(44)49)47-51-45(50-46(52-47)34-17-12-16-33(30-34)31-14-4-3-5-15-31)32-26-28-35(29-27-32)53-43-25-11-9-19-37(43)36-18-6-7-20-38(36)48(53)54/h3-30,45H,1-2H3,(H,50,51,52). The number of pyridine rings is 1. The predicted octanol–water partition coefficient (Wildman–Crippen LogP) is 10.6. The summed E-state index contributed by atoms with van der Waals surface area (Å²) in [5.74, 6) is 1.44. The van der Waals surface area contributed by atoms with Gasteiger partial charge in [-0.3, -0.25) is 9.36 Å². The molecule has 5 heteroatoms. The number of rotatable bonds is 5. The van der Waals surface area contributed by atoms with Crippen molar-refractivity contribution in [1.82, 2.24) is 9.88 Å². The number of aromatic nitrogens is 1. The molecule has 7 aromatic carbocycles. The molecule has 2 heterocycles. The Kier molecular flexibility index (Phi) is 7.31. The summed E-state index contributed by atoms with van der Waals surface area (Å²) >= 11 is 0. The summed E-state index contributed by atoms with van der Waals surface area (Å²) in [6.07, 6.45) is -0.424. The Morgan fingerprint density at radius 3 is 2.04 bits per heavy atom. The van der Waals surface area contributed by atoms with Crippen LogP contribution in [0.15, 0.2) is 185 Å². The van der Waals surface area contributed by atoms with E-state index in [4.69, 9.17) is 9.98 Å². The molecule has 258 valence electrons. The summed E-state index contributed by atoms with van der Waals surface area (Å²) in [4.78, 5) is 24.6. The van der Waals surface area contributed by atoms with E-state index in [9.17, 15) is 4.79 Å². The number of aliphatic imine (C=N–C) groups is 2. The summed E-state index contributed by atoms with van der Waals surface area (Å²) in [6, 6.07) is 58.3. The van der Waals surface area contributed by atoms with E-state index in [2.05, 4.69) is 128 Å². The van der Waals surface area contributed by atoms with Gasteiger partial charge in [0.25, 0.3) is 5.56 Å². The second-order valence-corrected chi connectivity index (χ2v) is 14.6. The van der Waals surface area contributed by atoms with Gasteiger partial charge >= 0.3 is 0 Å². The van der Waals surface area contributed by atoms with Crippen molar-refractivity contribution in [3.8, 4) is 27.9 Å². The average Bonchev–Trinajstić information content (AvgIpc) is 3.47. The Hall–Kier alpha value is -6.85. The lowest BCUT2D eigenvalue weighted by Crippen LogP contribution is -2.33. The number of hydrogen-bond acceptors (Lipinski definition) is 4. The molecule has 0 spiro atoms. The zero-order valence-electron chi connectivity index (χ0n) is 30.0. The predicted molar refractivity (Wildman–Crippen MR) is 222 cm³/mol. The third-order valence-electron chi connectivity index (χ3n) is 11.1. The fraction of sp³-hybridized carbons (Fsp3) is 0.0816. The third kappa shape index (κ3) is 5.04. The van der Waals surface area contributed by atoms with Gasteiger partial charge in [-0.15, -0.1) is 0 Å². The molecular formula is C49H36N4O. The van der Waals surface area contributed by atoms with Gasteiger partial charge in [0.1, 0.15) is 12.0 Å². The van der Waals surface area contributed by atoms with Crippen LogP contribution in [0.4, 0.5) is 0 Å². The van der Waals surface area contributed by atoms with E-state index in [1.807, 2.05) is 65.2 Å². The van der Waals surface area contributed by atoms with Crippen LogP contribution in [0.1, 0.15) is 47.8 Å². The topological polar surface area (TPSA) is 58.8 Å². The first-order valence-electron chi connectivity index (χ1n) is 18.4. The molecule has 1 aliphatic heterocycles. The normalized spacial score (nSPS) is 15.6. The molecule has 0 amide bonds. The Balaban J connectivity index is 1.11. The van der Waals surface area contributed by atoms with Crippen LogP contribution < -0.4 is 10.9 Å². The lowest BCUT2D eigenvalue weighted by atomic mass is 9.82. The Bertz CT molecular complexity index is 2900. The summed E-state index contributed by atoms with van der Waals surface area (Å²) in [7, 11) is 0. The number of fused-ring (bicyclic) bond motifs is 6. The van der Waals surface area contributed by atoms with E-state index in [0.29, 0.717) is 11.2 Å². The summed E-state index contributed by atoms with van der Waals surface area (Å²) in [5.41, 5.74) is 11.7. The van der Waals surface area contributed by atoms with Crippen molar-refractivity contribution in [3.05, 3.63) is 208 Å². The highest BCUT2D eigenvalue weighted by Gasteiger charge is 2.37. The molecule has 1 N–H and O–H groups in total. The molecule has 8 aromatic rings. The number of para-hydroxylation sites is 1. The zero-order chi connectivity index (χ0) is 36.4. The van der Waals surface area contributed by atoms with Crippen LogP contribution in [-0.4, -0.2) is 16.2 Å². The first-order chi connectivity index (χ1) is 26.5. The molecular weight excluding hydrogens is 661 g/mol. The van der Waals surface area contributed by atoms with Gasteiger partial charge in [-0.25, -0.2) is 9.98 Å². The van der Waals surface area contributed by atoms with E-state index in [1.54, 1.807) is 0 Å². The van der Waals surface area contributed by atoms with Crippen LogP contribution in [0.5, 0.6) is 0 Å². The molecule has 1 aromatic heterocycles. The molecule has 0 radical (unpaired) electrons. The number of amidine groups is 2. The van der Waals surface area contributed by atoms with Crippen molar-refractivity contribution in [2.24, 2.45) is 9.98 Å². The fourth-order valence-electron chi connectivity index (χ4n) is 8.40. The highest BCUT2D eigenvalue weighted by atomic mass is 16.1. The Morgan fingerprint density at radius 1 is 0.574 bits per heavy atom. The molecule has 0 bridgehead atoms. The van der Waals surface area contributed by atoms with Gasteiger partial charge in [0, 0.05) is 33.0 Å². The molecule has 1 aliphatic carbocycles. The smallest absolute Gasteiger partial charge is 0.263 e. The third-order valence-corrected chi connectivity index (χ3v) is 11.1. The number of hydrogen-bond donors (Lipinski definition) is 1. The number of nitrogens with zero attached hydrogens (tertiary/aromatic N) is 3. The zero-order valence-corrected chi connectivity index (χ0v) is 30.0. The molecule has 0 saturated heterocycles. The molecule has 54 heavy (non-hydrogen) atoms. The van der Waals surface area contributed by atoms with Gasteiger partial charge < -0.3 is 5.32 Å². The first kappa shape index (κ1) is 31.9. The van der Waals surface area contributed by atoms with Gasteiger partial charge in [-0.05, 0) is 74.7 Å². The van der Waals surface area contributed by atoms with Crippen LogP contribution in [0.25, 0.3) is 49.6 Å². The summed E-state index contributed by atoms with van der Waals surface area (Å²) in [6.45, 7) is 4.59. The van der Waals surface area contributed by atoms with Gasteiger partial charge in [0.05, 0.1) is 5.52 Å². The summed E-state index contributed by atoms with van der Waals surface area (Å²) < 4.78 is 1.82. The van der Waals surface area contributed by atoms with Crippen molar-refractivity contribution in [2.45, 2.75) is 25.4 Å². The molecule has 5 nitrogen and oxygen atoms in total. The van der Waals surface area contributed by atoms with Crippen LogP contribution >= 0.6 is 0 Å². The van der Waals surface area contributed by atoms with E-state index >= 15 is 0 Å². The fourth-order valence-corrected chi connectivity index (χ4v) is 8.40. The Labute approximate surface area is 313 Å². The molecule has 0 fully saturated rings. The van der Waals surface area contributed by atoms with Gasteiger partial charge in [0.15, 0.2) is 5.84 Å². The van der Waals surface area contributed by atoms with Crippen LogP contribution in [-0.2, 0) is 5.41 Å². The first-order valence-corrected chi connectivity index (χ1v) is 18.4. The Morgan fingerprint density at radius 2 is 1.20 bits per heavy atom. The van der Waals surface area contributed by atoms with Crippen LogP contribution in [0, 0.1) is 0 Å². The van der Waals surface area contributed by atoms with Crippen molar-refractivity contribution in [3.63, 3.8) is 0 Å². The minimum absolute atomic E-state index is 0.0398. The van der Waals surface area contributed by atoms with Crippen molar-refractivity contribution >= 4 is 33.3 Å². The van der Waals surface area contributed by atoms with E-state index < -0.39 is 6.17 Å². The monoisotopic (exact) mass is 696 g/mol. The van der Waals surface area contributed by atoms with Gasteiger partial charge in [-0.1, -0.05) is 153 Å². The summed E-state index contributed by atoms with van der Waals surface area (Å²) in [5, 5.41) is 6.38. The average molecular weight is 697 g/mol. The van der Waals surface area contributed by atoms with Crippen molar-refractivity contribution in [2.75, 3.05) is 0 Å².